The van der Waals surface area contributed by atoms with Crippen LogP contribution < -0.4 is 10.1 Å². The Morgan fingerprint density at radius 1 is 1.40 bits per heavy atom. The average Bonchev–Trinajstić information content (AvgIpc) is 2.47. The molecule has 1 aromatic rings. The molecule has 0 atom stereocenters. The van der Waals surface area contributed by atoms with Gasteiger partial charge in [0.2, 0.25) is 17.7 Å². The van der Waals surface area contributed by atoms with Crippen molar-refractivity contribution >= 4 is 11.9 Å². The van der Waals surface area contributed by atoms with Gasteiger partial charge in [-0.25, -0.2) is 4.98 Å². The Bertz CT molecular complexity index is 545. The minimum Gasteiger partial charge on any atom is -0.481 e. The molecule has 1 fully saturated rings. The van der Waals surface area contributed by atoms with Gasteiger partial charge < -0.3 is 4.74 Å². The highest BCUT2D eigenvalue weighted by atomic mass is 16.5. The first kappa shape index (κ1) is 14.3. The third-order valence-corrected chi connectivity index (χ3v) is 3.62. The summed E-state index contributed by atoms with van der Waals surface area (Å²) in [6.07, 6.45) is 4.07. The third kappa shape index (κ3) is 2.87. The zero-order chi connectivity index (χ0) is 14.6. The SMILES string of the molecule is COc1cc(C)nc(NC(=O)C2(C#N)CCCCC2)n1. The number of methoxy groups -OCH3 is 1. The number of carbonyl (C=O) groups excluding carboxylic acids is 1. The van der Waals surface area contributed by atoms with Crippen LogP contribution in [0.2, 0.25) is 0 Å². The lowest BCUT2D eigenvalue weighted by atomic mass is 9.74. The van der Waals surface area contributed by atoms with Crippen LogP contribution in [-0.4, -0.2) is 23.0 Å². The first-order valence-electron chi connectivity index (χ1n) is 6.72. The molecule has 0 spiro atoms. The number of carbonyl (C=O) groups is 1. The van der Waals surface area contributed by atoms with Crippen LogP contribution >= 0.6 is 0 Å². The number of anilines is 1. The standard InChI is InChI=1S/C14H18N4O2/c1-10-8-11(20-2)17-13(16-10)18-12(19)14(9-15)6-4-3-5-7-14/h8H,3-7H2,1-2H3,(H,16,17,18,19). The van der Waals surface area contributed by atoms with Gasteiger partial charge in [0.25, 0.3) is 0 Å². The highest BCUT2D eigenvalue weighted by Crippen LogP contribution is 2.36. The lowest BCUT2D eigenvalue weighted by molar-refractivity contribution is -0.124. The Morgan fingerprint density at radius 3 is 2.70 bits per heavy atom. The molecule has 0 bridgehead atoms. The van der Waals surface area contributed by atoms with Gasteiger partial charge in [-0.1, -0.05) is 19.3 Å². The Hall–Kier alpha value is -2.16. The Labute approximate surface area is 118 Å². The summed E-state index contributed by atoms with van der Waals surface area (Å²) in [6.45, 7) is 1.79. The van der Waals surface area contributed by atoms with Gasteiger partial charge >= 0.3 is 0 Å². The van der Waals surface area contributed by atoms with Crippen LogP contribution in [0.4, 0.5) is 5.95 Å². The molecule has 6 heteroatoms. The highest BCUT2D eigenvalue weighted by Gasteiger charge is 2.40. The molecule has 1 aliphatic carbocycles. The van der Waals surface area contributed by atoms with E-state index in [-0.39, 0.29) is 11.9 Å². The van der Waals surface area contributed by atoms with E-state index in [1.54, 1.807) is 13.0 Å². The van der Waals surface area contributed by atoms with E-state index in [1.807, 2.05) is 0 Å². The van der Waals surface area contributed by atoms with Crippen molar-refractivity contribution in [1.82, 2.24) is 9.97 Å². The number of amides is 1. The van der Waals surface area contributed by atoms with Crippen molar-refractivity contribution in [2.45, 2.75) is 39.0 Å². The zero-order valence-corrected chi connectivity index (χ0v) is 11.8. The van der Waals surface area contributed by atoms with Crippen molar-refractivity contribution in [3.05, 3.63) is 11.8 Å². The monoisotopic (exact) mass is 274 g/mol. The summed E-state index contributed by atoms with van der Waals surface area (Å²) >= 11 is 0. The molecule has 20 heavy (non-hydrogen) atoms. The van der Waals surface area contributed by atoms with Crippen LogP contribution in [0.5, 0.6) is 5.88 Å². The van der Waals surface area contributed by atoms with Gasteiger partial charge in [-0.2, -0.15) is 10.2 Å². The number of nitrogens with one attached hydrogen (secondary N) is 1. The van der Waals surface area contributed by atoms with Crippen molar-refractivity contribution < 1.29 is 9.53 Å². The van der Waals surface area contributed by atoms with Crippen LogP contribution in [0, 0.1) is 23.7 Å². The first-order chi connectivity index (χ1) is 9.59. The van der Waals surface area contributed by atoms with Crippen molar-refractivity contribution in [2.75, 3.05) is 12.4 Å². The number of hydrogen-bond acceptors (Lipinski definition) is 5. The van der Waals surface area contributed by atoms with Crippen molar-refractivity contribution in [2.24, 2.45) is 5.41 Å². The molecular weight excluding hydrogens is 256 g/mol. The number of nitrogens with zero attached hydrogens (tertiary/aromatic N) is 3. The Balaban J connectivity index is 2.18. The smallest absolute Gasteiger partial charge is 0.247 e. The fraction of sp³-hybridized carbons (Fsp3) is 0.571. The largest absolute Gasteiger partial charge is 0.481 e. The molecule has 1 saturated carbocycles. The topological polar surface area (TPSA) is 87.9 Å². The molecule has 6 nitrogen and oxygen atoms in total. The second-order valence-electron chi connectivity index (χ2n) is 5.08. The van der Waals surface area contributed by atoms with Crippen molar-refractivity contribution in [1.29, 1.82) is 5.26 Å². The lowest BCUT2D eigenvalue weighted by Gasteiger charge is -2.28. The number of hydrogen-bond donors (Lipinski definition) is 1. The number of aryl methyl sites for hydroxylation is 1. The highest BCUT2D eigenvalue weighted by molar-refractivity contribution is 5.96. The average molecular weight is 274 g/mol. The summed E-state index contributed by atoms with van der Waals surface area (Å²) in [7, 11) is 1.51. The fourth-order valence-electron chi connectivity index (χ4n) is 2.47. The Kier molecular flexibility index (Phi) is 4.18. The summed E-state index contributed by atoms with van der Waals surface area (Å²) in [4.78, 5) is 20.6. The number of aromatic nitrogens is 2. The molecular formula is C14H18N4O2. The van der Waals surface area contributed by atoms with E-state index in [0.29, 0.717) is 24.4 Å². The molecule has 0 aromatic carbocycles. The number of nitriles is 1. The summed E-state index contributed by atoms with van der Waals surface area (Å²) in [5, 5.41) is 12.0. The minimum atomic E-state index is -0.946. The van der Waals surface area contributed by atoms with Gasteiger partial charge in [0.1, 0.15) is 5.41 Å². The Morgan fingerprint density at radius 2 is 2.10 bits per heavy atom. The number of rotatable bonds is 3. The molecule has 0 saturated heterocycles. The van der Waals surface area contributed by atoms with Crippen molar-refractivity contribution in [3.63, 3.8) is 0 Å². The van der Waals surface area contributed by atoms with Crippen LogP contribution in [0.3, 0.4) is 0 Å². The minimum absolute atomic E-state index is 0.187. The van der Waals surface area contributed by atoms with E-state index in [2.05, 4.69) is 21.4 Å². The predicted molar refractivity (Wildman–Crippen MR) is 73.1 cm³/mol. The molecule has 0 aliphatic heterocycles. The summed E-state index contributed by atoms with van der Waals surface area (Å²) < 4.78 is 5.05. The van der Waals surface area contributed by atoms with E-state index in [4.69, 9.17) is 4.74 Å². The zero-order valence-electron chi connectivity index (χ0n) is 11.8. The maximum Gasteiger partial charge on any atom is 0.247 e. The van der Waals surface area contributed by atoms with Crippen LogP contribution in [0.15, 0.2) is 6.07 Å². The number of ether oxygens (including phenoxy) is 1. The molecule has 1 aliphatic rings. The molecule has 0 unspecified atom stereocenters. The fourth-order valence-corrected chi connectivity index (χ4v) is 2.47. The second-order valence-corrected chi connectivity index (χ2v) is 5.08. The summed E-state index contributed by atoms with van der Waals surface area (Å²) in [5.74, 6) is 0.266. The lowest BCUT2D eigenvalue weighted by Crippen LogP contribution is -2.37. The first-order valence-corrected chi connectivity index (χ1v) is 6.72. The predicted octanol–water partition coefficient (Wildman–Crippen LogP) is 2.21. The summed E-state index contributed by atoms with van der Waals surface area (Å²) in [5.41, 5.74) is -0.250. The van der Waals surface area contributed by atoms with Gasteiger partial charge in [0.05, 0.1) is 13.2 Å². The maximum absolute atomic E-state index is 12.4. The molecule has 1 heterocycles. The van der Waals surface area contributed by atoms with E-state index >= 15 is 0 Å². The van der Waals surface area contributed by atoms with E-state index in [9.17, 15) is 10.1 Å². The van der Waals surface area contributed by atoms with Crippen LogP contribution in [0.1, 0.15) is 37.8 Å². The molecule has 106 valence electrons. The van der Waals surface area contributed by atoms with Gasteiger partial charge in [-0.3, -0.25) is 10.1 Å². The van der Waals surface area contributed by atoms with E-state index in [0.717, 1.165) is 19.3 Å². The molecule has 0 radical (unpaired) electrons. The van der Waals surface area contributed by atoms with Gasteiger partial charge in [-0.15, -0.1) is 0 Å². The van der Waals surface area contributed by atoms with Crippen LogP contribution in [-0.2, 0) is 4.79 Å². The second kappa shape index (κ2) is 5.87. The molecule has 1 aromatic heterocycles. The third-order valence-electron chi connectivity index (χ3n) is 3.62. The quantitative estimate of drug-likeness (QED) is 0.912. The molecule has 1 N–H and O–H groups in total. The van der Waals surface area contributed by atoms with E-state index < -0.39 is 5.41 Å². The molecule has 2 rings (SSSR count). The van der Waals surface area contributed by atoms with Crippen molar-refractivity contribution in [3.8, 4) is 11.9 Å². The van der Waals surface area contributed by atoms with Gasteiger partial charge in [0.15, 0.2) is 0 Å². The van der Waals surface area contributed by atoms with E-state index in [1.165, 1.54) is 7.11 Å². The van der Waals surface area contributed by atoms with Gasteiger partial charge in [0, 0.05) is 11.8 Å². The van der Waals surface area contributed by atoms with Crippen LogP contribution in [0.25, 0.3) is 0 Å². The normalized spacial score (nSPS) is 17.1. The maximum atomic E-state index is 12.4. The molecule has 1 amide bonds. The summed E-state index contributed by atoms with van der Waals surface area (Å²) in [6, 6.07) is 3.86. The van der Waals surface area contributed by atoms with Gasteiger partial charge in [-0.05, 0) is 19.8 Å².